The minimum Gasteiger partial charge on any atom is -0.497 e. The fraction of sp³-hybridized carbons (Fsp3) is 0.0667. The second-order valence-corrected chi connectivity index (χ2v) is 3.63. The number of benzene rings is 2. The molecule has 0 unspecified atom stereocenters. The summed E-state index contributed by atoms with van der Waals surface area (Å²) < 4.78 is 18.4. The summed E-state index contributed by atoms with van der Waals surface area (Å²) in [5, 5.41) is 0. The van der Waals surface area contributed by atoms with Crippen molar-refractivity contribution in [1.82, 2.24) is 0 Å². The van der Waals surface area contributed by atoms with Crippen molar-refractivity contribution in [3.63, 3.8) is 0 Å². The molecular formula is C15H13FO. The average molecular weight is 228 g/mol. The van der Waals surface area contributed by atoms with Gasteiger partial charge in [0.05, 0.1) is 7.11 Å². The van der Waals surface area contributed by atoms with Crippen LogP contribution in [0.15, 0.2) is 48.5 Å². The number of rotatable bonds is 3. The van der Waals surface area contributed by atoms with Crippen LogP contribution in [0.4, 0.5) is 4.39 Å². The van der Waals surface area contributed by atoms with E-state index >= 15 is 0 Å². The van der Waals surface area contributed by atoms with Crippen LogP contribution in [0.1, 0.15) is 11.1 Å². The van der Waals surface area contributed by atoms with Gasteiger partial charge in [-0.3, -0.25) is 0 Å². The van der Waals surface area contributed by atoms with Crippen LogP contribution in [0.3, 0.4) is 0 Å². The summed E-state index contributed by atoms with van der Waals surface area (Å²) in [4.78, 5) is 0. The number of halogens is 1. The average Bonchev–Trinajstić information content (AvgIpc) is 2.38. The van der Waals surface area contributed by atoms with Gasteiger partial charge in [-0.2, -0.15) is 0 Å². The molecule has 0 radical (unpaired) electrons. The van der Waals surface area contributed by atoms with E-state index in [0.29, 0.717) is 5.56 Å². The third kappa shape index (κ3) is 2.94. The zero-order valence-corrected chi connectivity index (χ0v) is 9.56. The van der Waals surface area contributed by atoms with E-state index in [1.807, 2.05) is 36.4 Å². The quantitative estimate of drug-likeness (QED) is 0.721. The zero-order chi connectivity index (χ0) is 12.1. The lowest BCUT2D eigenvalue weighted by Gasteiger charge is -1.99. The first-order chi connectivity index (χ1) is 8.29. The van der Waals surface area contributed by atoms with Gasteiger partial charge in [-0.1, -0.05) is 42.5 Å². The second-order valence-electron chi connectivity index (χ2n) is 3.63. The molecule has 2 aromatic rings. The highest BCUT2D eigenvalue weighted by molar-refractivity contribution is 5.70. The predicted octanol–water partition coefficient (Wildman–Crippen LogP) is 4.00. The molecule has 86 valence electrons. The molecule has 0 spiro atoms. The molecule has 0 saturated heterocycles. The molecular weight excluding hydrogens is 215 g/mol. The van der Waals surface area contributed by atoms with Crippen LogP contribution in [0.25, 0.3) is 12.2 Å². The number of hydrogen-bond acceptors (Lipinski definition) is 1. The normalized spacial score (nSPS) is 10.7. The Bertz CT molecular complexity index is 515. The smallest absolute Gasteiger partial charge is 0.130 e. The molecule has 0 N–H and O–H groups in total. The minimum atomic E-state index is -0.211. The molecule has 0 amide bonds. The van der Waals surface area contributed by atoms with Crippen molar-refractivity contribution < 1.29 is 9.13 Å². The van der Waals surface area contributed by atoms with E-state index in [0.717, 1.165) is 11.3 Å². The highest BCUT2D eigenvalue weighted by Crippen LogP contribution is 2.15. The Hall–Kier alpha value is -2.09. The predicted molar refractivity (Wildman–Crippen MR) is 68.3 cm³/mol. The van der Waals surface area contributed by atoms with E-state index in [1.54, 1.807) is 25.3 Å². The lowest BCUT2D eigenvalue weighted by atomic mass is 10.1. The lowest BCUT2D eigenvalue weighted by Crippen LogP contribution is -1.82. The summed E-state index contributed by atoms with van der Waals surface area (Å²) in [7, 11) is 1.63. The Morgan fingerprint density at radius 3 is 2.29 bits per heavy atom. The van der Waals surface area contributed by atoms with Crippen molar-refractivity contribution in [3.8, 4) is 5.75 Å². The van der Waals surface area contributed by atoms with Crippen molar-refractivity contribution in [1.29, 1.82) is 0 Å². The molecule has 0 aliphatic rings. The van der Waals surface area contributed by atoms with Crippen molar-refractivity contribution in [2.45, 2.75) is 0 Å². The van der Waals surface area contributed by atoms with E-state index in [9.17, 15) is 4.39 Å². The van der Waals surface area contributed by atoms with Crippen LogP contribution in [-0.4, -0.2) is 7.11 Å². The number of ether oxygens (including phenoxy) is 1. The summed E-state index contributed by atoms with van der Waals surface area (Å²) in [6.07, 6.45) is 3.63. The van der Waals surface area contributed by atoms with Gasteiger partial charge in [0.2, 0.25) is 0 Å². The molecule has 2 aromatic carbocycles. The van der Waals surface area contributed by atoms with Crippen LogP contribution in [0.2, 0.25) is 0 Å². The molecule has 0 fully saturated rings. The maximum atomic E-state index is 13.3. The standard InChI is InChI=1S/C15H13FO/c1-17-14-10-7-12(8-11-14)6-9-13-4-2-3-5-15(13)16/h2-11H,1H3/b9-6-. The van der Waals surface area contributed by atoms with Gasteiger partial charge in [-0.25, -0.2) is 4.39 Å². The van der Waals surface area contributed by atoms with Crippen molar-refractivity contribution >= 4 is 12.2 Å². The molecule has 0 aliphatic carbocycles. The fourth-order valence-corrected chi connectivity index (χ4v) is 1.51. The molecule has 0 bridgehead atoms. The Labute approximate surface area is 100 Å². The third-order valence-electron chi connectivity index (χ3n) is 2.48. The van der Waals surface area contributed by atoms with Gasteiger partial charge < -0.3 is 4.74 Å². The SMILES string of the molecule is COc1ccc(/C=C\c2ccccc2F)cc1. The number of methoxy groups -OCH3 is 1. The summed E-state index contributed by atoms with van der Waals surface area (Å²) in [5.41, 5.74) is 1.59. The third-order valence-corrected chi connectivity index (χ3v) is 2.48. The molecule has 2 rings (SSSR count). The number of hydrogen-bond donors (Lipinski definition) is 0. The molecule has 0 aromatic heterocycles. The maximum absolute atomic E-state index is 13.3. The van der Waals surface area contributed by atoms with Crippen LogP contribution < -0.4 is 4.74 Å². The molecule has 2 heteroatoms. The lowest BCUT2D eigenvalue weighted by molar-refractivity contribution is 0.415. The minimum absolute atomic E-state index is 0.211. The Morgan fingerprint density at radius 1 is 0.941 bits per heavy atom. The van der Waals surface area contributed by atoms with Gasteiger partial charge in [0.25, 0.3) is 0 Å². The molecule has 0 atom stereocenters. The van der Waals surface area contributed by atoms with E-state index in [1.165, 1.54) is 6.07 Å². The Kier molecular flexibility index (Phi) is 3.55. The molecule has 0 heterocycles. The summed E-state index contributed by atoms with van der Waals surface area (Å²) in [6.45, 7) is 0. The largest absolute Gasteiger partial charge is 0.497 e. The molecule has 17 heavy (non-hydrogen) atoms. The van der Waals surface area contributed by atoms with Crippen molar-refractivity contribution in [2.24, 2.45) is 0 Å². The maximum Gasteiger partial charge on any atom is 0.130 e. The Balaban J connectivity index is 2.17. The van der Waals surface area contributed by atoms with E-state index in [2.05, 4.69) is 0 Å². The van der Waals surface area contributed by atoms with Gasteiger partial charge in [0, 0.05) is 5.56 Å². The van der Waals surface area contributed by atoms with Crippen LogP contribution in [-0.2, 0) is 0 Å². The van der Waals surface area contributed by atoms with Gasteiger partial charge in [-0.05, 0) is 23.8 Å². The first-order valence-corrected chi connectivity index (χ1v) is 5.36. The van der Waals surface area contributed by atoms with E-state index in [4.69, 9.17) is 4.74 Å². The van der Waals surface area contributed by atoms with E-state index < -0.39 is 0 Å². The Morgan fingerprint density at radius 2 is 1.65 bits per heavy atom. The second kappa shape index (κ2) is 5.30. The fourth-order valence-electron chi connectivity index (χ4n) is 1.51. The molecule has 1 nitrogen and oxygen atoms in total. The van der Waals surface area contributed by atoms with Gasteiger partial charge in [0.1, 0.15) is 11.6 Å². The molecule has 0 aliphatic heterocycles. The topological polar surface area (TPSA) is 9.23 Å². The summed E-state index contributed by atoms with van der Waals surface area (Å²) in [5.74, 6) is 0.602. The van der Waals surface area contributed by atoms with Gasteiger partial charge in [-0.15, -0.1) is 0 Å². The summed E-state index contributed by atoms with van der Waals surface area (Å²) >= 11 is 0. The molecule has 0 saturated carbocycles. The summed E-state index contributed by atoms with van der Waals surface area (Å²) in [6, 6.07) is 14.3. The van der Waals surface area contributed by atoms with Gasteiger partial charge >= 0.3 is 0 Å². The van der Waals surface area contributed by atoms with Crippen molar-refractivity contribution in [2.75, 3.05) is 7.11 Å². The zero-order valence-electron chi connectivity index (χ0n) is 9.56. The van der Waals surface area contributed by atoms with Crippen LogP contribution in [0.5, 0.6) is 5.75 Å². The van der Waals surface area contributed by atoms with Crippen LogP contribution >= 0.6 is 0 Å². The highest BCUT2D eigenvalue weighted by atomic mass is 19.1. The first-order valence-electron chi connectivity index (χ1n) is 5.36. The van der Waals surface area contributed by atoms with Crippen molar-refractivity contribution in [3.05, 3.63) is 65.5 Å². The van der Waals surface area contributed by atoms with Gasteiger partial charge in [0.15, 0.2) is 0 Å². The highest BCUT2D eigenvalue weighted by Gasteiger charge is 1.95. The monoisotopic (exact) mass is 228 g/mol. The van der Waals surface area contributed by atoms with E-state index in [-0.39, 0.29) is 5.82 Å². The first kappa shape index (κ1) is 11.4. The van der Waals surface area contributed by atoms with Crippen LogP contribution in [0, 0.1) is 5.82 Å².